The Kier molecular flexibility index (Phi) is 7.80. The van der Waals surface area contributed by atoms with E-state index in [0.29, 0.717) is 12.3 Å². The molecule has 136 valence electrons. The van der Waals surface area contributed by atoms with Gasteiger partial charge in [0.1, 0.15) is 6.10 Å². The van der Waals surface area contributed by atoms with Gasteiger partial charge in [0.15, 0.2) is 0 Å². The van der Waals surface area contributed by atoms with E-state index in [-0.39, 0.29) is 12.3 Å². The van der Waals surface area contributed by atoms with Gasteiger partial charge in [0, 0.05) is 6.04 Å². The summed E-state index contributed by atoms with van der Waals surface area (Å²) >= 11 is 0. The molecule has 0 radical (unpaired) electrons. The topological polar surface area (TPSA) is 72.5 Å². The fourth-order valence-corrected chi connectivity index (χ4v) is 3.20. The number of hydrogen-bond acceptors (Lipinski definition) is 4. The largest absolute Gasteiger partial charge is 0.490 e. The summed E-state index contributed by atoms with van der Waals surface area (Å²) in [5, 5.41) is 10.2. The molecule has 3 N–H and O–H groups in total. The van der Waals surface area contributed by atoms with Crippen LogP contribution in [0.1, 0.15) is 58.8 Å². The number of ether oxygens (including phenoxy) is 1. The molecule has 1 fully saturated rings. The van der Waals surface area contributed by atoms with Crippen LogP contribution in [0.2, 0.25) is 0 Å². The first kappa shape index (κ1) is 20.2. The molecule has 0 aromatic heterocycles. The third-order valence-electron chi connectivity index (χ3n) is 4.32. The van der Waals surface area contributed by atoms with Gasteiger partial charge < -0.3 is 15.6 Å². The highest BCUT2D eigenvalue weighted by Crippen LogP contribution is 2.29. The first-order chi connectivity index (χ1) is 10.6. The highest BCUT2D eigenvalue weighted by Gasteiger charge is 2.44. The van der Waals surface area contributed by atoms with Gasteiger partial charge in [-0.05, 0) is 24.7 Å². The summed E-state index contributed by atoms with van der Waals surface area (Å²) in [6.45, 7) is 3.66. The second-order valence-electron chi connectivity index (χ2n) is 6.97. The number of aliphatic hydroxyl groups excluding tert-OH is 1. The number of esters is 1. The van der Waals surface area contributed by atoms with E-state index in [0.717, 1.165) is 32.1 Å². The molecule has 1 saturated carbocycles. The van der Waals surface area contributed by atoms with E-state index < -0.39 is 30.4 Å². The summed E-state index contributed by atoms with van der Waals surface area (Å²) in [5.74, 6) is -1.92. The monoisotopic (exact) mass is 339 g/mol. The van der Waals surface area contributed by atoms with Gasteiger partial charge in [0.25, 0.3) is 0 Å². The normalized spacial score (nSPS) is 21.0. The van der Waals surface area contributed by atoms with E-state index >= 15 is 0 Å². The Balaban J connectivity index is 2.73. The minimum Gasteiger partial charge on any atom is -0.451 e. The lowest BCUT2D eigenvalue weighted by Crippen LogP contribution is -2.49. The first-order valence-electron chi connectivity index (χ1n) is 8.32. The molecule has 0 aliphatic heterocycles. The summed E-state index contributed by atoms with van der Waals surface area (Å²) in [6.07, 6.45) is -1.62. The Morgan fingerprint density at radius 1 is 1.26 bits per heavy atom. The Morgan fingerprint density at radius 2 is 1.83 bits per heavy atom. The second-order valence-corrected chi connectivity index (χ2v) is 6.97. The fourth-order valence-electron chi connectivity index (χ4n) is 3.20. The lowest BCUT2D eigenvalue weighted by molar-refractivity contribution is -0.211. The van der Waals surface area contributed by atoms with Crippen LogP contribution in [0.3, 0.4) is 0 Å². The molecule has 4 nitrogen and oxygen atoms in total. The summed E-state index contributed by atoms with van der Waals surface area (Å²) in [7, 11) is 0. The van der Waals surface area contributed by atoms with Crippen LogP contribution in [0, 0.1) is 11.8 Å². The molecule has 0 aromatic rings. The van der Waals surface area contributed by atoms with Crippen LogP contribution < -0.4 is 5.73 Å². The molecule has 0 spiro atoms. The van der Waals surface area contributed by atoms with E-state index in [1.54, 1.807) is 0 Å². The van der Waals surface area contributed by atoms with Crippen molar-refractivity contribution in [1.82, 2.24) is 0 Å². The third kappa shape index (κ3) is 7.08. The van der Waals surface area contributed by atoms with E-state index in [4.69, 9.17) is 5.73 Å². The summed E-state index contributed by atoms with van der Waals surface area (Å²) < 4.78 is 41.9. The van der Waals surface area contributed by atoms with Crippen LogP contribution in [-0.2, 0) is 9.53 Å². The Morgan fingerprint density at radius 3 is 2.30 bits per heavy atom. The van der Waals surface area contributed by atoms with Crippen molar-refractivity contribution in [1.29, 1.82) is 0 Å². The van der Waals surface area contributed by atoms with Crippen LogP contribution in [0.25, 0.3) is 0 Å². The maximum Gasteiger partial charge on any atom is 0.490 e. The Hall–Kier alpha value is -0.820. The summed E-state index contributed by atoms with van der Waals surface area (Å²) in [4.78, 5) is 11.1. The smallest absolute Gasteiger partial charge is 0.451 e. The van der Waals surface area contributed by atoms with Crippen molar-refractivity contribution < 1.29 is 27.8 Å². The molecule has 0 amide bonds. The minimum atomic E-state index is -5.08. The Bertz CT molecular complexity index is 368. The lowest BCUT2D eigenvalue weighted by Gasteiger charge is -2.32. The van der Waals surface area contributed by atoms with Crippen LogP contribution in [0.15, 0.2) is 0 Å². The van der Waals surface area contributed by atoms with Gasteiger partial charge in [-0.2, -0.15) is 13.2 Å². The average Bonchev–Trinajstić information content (AvgIpc) is 2.43. The number of carbonyl (C=O) groups excluding carboxylic acids is 1. The number of aliphatic hydroxyl groups is 1. The van der Waals surface area contributed by atoms with Gasteiger partial charge in [-0.25, -0.2) is 4.79 Å². The maximum absolute atomic E-state index is 12.5. The van der Waals surface area contributed by atoms with E-state index in [9.17, 15) is 23.1 Å². The molecule has 0 unspecified atom stereocenters. The number of carbonyl (C=O) groups is 1. The van der Waals surface area contributed by atoms with Crippen molar-refractivity contribution in [3.63, 3.8) is 0 Å². The van der Waals surface area contributed by atoms with Crippen molar-refractivity contribution >= 4 is 5.97 Å². The predicted octanol–water partition coefficient (Wildman–Crippen LogP) is 3.17. The van der Waals surface area contributed by atoms with Gasteiger partial charge in [0.2, 0.25) is 0 Å². The summed E-state index contributed by atoms with van der Waals surface area (Å²) in [5.41, 5.74) is 6.01. The fraction of sp³-hybridized carbons (Fsp3) is 0.938. The average molecular weight is 339 g/mol. The van der Waals surface area contributed by atoms with Gasteiger partial charge in [-0.3, -0.25) is 0 Å². The first-order valence-corrected chi connectivity index (χ1v) is 8.32. The molecule has 1 aliphatic carbocycles. The number of rotatable bonds is 7. The van der Waals surface area contributed by atoms with Crippen molar-refractivity contribution in [2.75, 3.05) is 0 Å². The van der Waals surface area contributed by atoms with E-state index in [1.165, 1.54) is 0 Å². The molecule has 1 aliphatic rings. The highest BCUT2D eigenvalue weighted by molar-refractivity contribution is 5.75. The zero-order valence-corrected chi connectivity index (χ0v) is 13.8. The molecular formula is C16H28F3NO3. The lowest BCUT2D eigenvalue weighted by atomic mass is 9.82. The molecule has 23 heavy (non-hydrogen) atoms. The maximum atomic E-state index is 12.5. The second kappa shape index (κ2) is 8.87. The zero-order chi connectivity index (χ0) is 17.6. The molecule has 0 aromatic carbocycles. The van der Waals surface area contributed by atoms with Gasteiger partial charge in [-0.1, -0.05) is 46.0 Å². The number of hydrogen-bond donors (Lipinski definition) is 2. The number of nitrogens with two attached hydrogens (primary N) is 1. The van der Waals surface area contributed by atoms with Crippen molar-refractivity contribution in [3.05, 3.63) is 0 Å². The van der Waals surface area contributed by atoms with Crippen molar-refractivity contribution in [2.24, 2.45) is 17.6 Å². The van der Waals surface area contributed by atoms with Crippen molar-refractivity contribution in [3.8, 4) is 0 Å². The number of alkyl halides is 3. The molecule has 1 rings (SSSR count). The van der Waals surface area contributed by atoms with Crippen LogP contribution in [0.4, 0.5) is 13.2 Å². The molecule has 0 saturated heterocycles. The predicted molar refractivity (Wildman–Crippen MR) is 80.6 cm³/mol. The van der Waals surface area contributed by atoms with Crippen LogP contribution in [-0.4, -0.2) is 35.5 Å². The summed E-state index contributed by atoms with van der Waals surface area (Å²) in [6, 6.07) is -0.793. The number of halogens is 3. The van der Waals surface area contributed by atoms with Crippen LogP contribution >= 0.6 is 0 Å². The third-order valence-corrected chi connectivity index (χ3v) is 4.32. The quantitative estimate of drug-likeness (QED) is 0.699. The molecule has 3 atom stereocenters. The zero-order valence-electron chi connectivity index (χ0n) is 13.8. The molecule has 0 heterocycles. The highest BCUT2D eigenvalue weighted by atomic mass is 19.4. The van der Waals surface area contributed by atoms with E-state index in [2.05, 4.69) is 4.74 Å². The SMILES string of the molecule is CC(C)C[C@H](O)[C@H](OC(=O)C(F)(F)F)[C@@H](N)CC1CCCCC1. The van der Waals surface area contributed by atoms with Gasteiger partial charge in [-0.15, -0.1) is 0 Å². The van der Waals surface area contributed by atoms with E-state index in [1.807, 2.05) is 13.8 Å². The van der Waals surface area contributed by atoms with Gasteiger partial charge in [0.05, 0.1) is 6.10 Å². The molecule has 7 heteroatoms. The van der Waals surface area contributed by atoms with Crippen molar-refractivity contribution in [2.45, 2.75) is 83.2 Å². The standard InChI is InChI=1S/C16H28F3NO3/c1-10(2)8-13(21)14(23-15(22)16(17,18)19)12(20)9-11-6-4-3-5-7-11/h10-14,21H,3-9,20H2,1-2H3/t12-,13-,14+/m0/s1. The molecular weight excluding hydrogens is 311 g/mol. The molecule has 0 bridgehead atoms. The minimum absolute atomic E-state index is 0.0546. The van der Waals surface area contributed by atoms with Gasteiger partial charge >= 0.3 is 12.1 Å². The Labute approximate surface area is 135 Å². The van der Waals surface area contributed by atoms with Crippen LogP contribution in [0.5, 0.6) is 0 Å².